The summed E-state index contributed by atoms with van der Waals surface area (Å²) in [5, 5.41) is 0. The number of ether oxygens (including phenoxy) is 2. The first-order valence-electron chi connectivity index (χ1n) is 8.51. The van der Waals surface area contributed by atoms with Gasteiger partial charge in [-0.15, -0.1) is 0 Å². The zero-order valence-corrected chi connectivity index (χ0v) is 13.6. The Morgan fingerprint density at radius 3 is 1.71 bits per heavy atom. The lowest BCUT2D eigenvalue weighted by molar-refractivity contribution is 0.298. The van der Waals surface area contributed by atoms with Gasteiger partial charge < -0.3 is 9.47 Å². The van der Waals surface area contributed by atoms with Crippen molar-refractivity contribution in [3.63, 3.8) is 0 Å². The zero-order chi connectivity index (χ0) is 15.2. The van der Waals surface area contributed by atoms with Gasteiger partial charge in [0.15, 0.2) is 0 Å². The Morgan fingerprint density at radius 2 is 1.19 bits per heavy atom. The van der Waals surface area contributed by atoms with Crippen molar-refractivity contribution in [2.75, 3.05) is 13.2 Å². The normalized spacial score (nSPS) is 10.6. The van der Waals surface area contributed by atoms with E-state index in [-0.39, 0.29) is 0 Å². The standard InChI is InChI=1S/C19H31O2/c1-3-5-7-8-9-10-11-17-21-19-14-12-18(13-15-19)20-16-6-4-2/h12-15H,1,3-11,16-17H2,2H3. The predicted molar refractivity (Wildman–Crippen MR) is 90.0 cm³/mol. The van der Waals surface area contributed by atoms with Gasteiger partial charge in [0.05, 0.1) is 13.2 Å². The summed E-state index contributed by atoms with van der Waals surface area (Å²) in [4.78, 5) is 0. The molecule has 0 amide bonds. The fraction of sp³-hybridized carbons (Fsp3) is 0.632. The highest BCUT2D eigenvalue weighted by Crippen LogP contribution is 2.18. The van der Waals surface area contributed by atoms with Gasteiger partial charge in [0.25, 0.3) is 0 Å². The van der Waals surface area contributed by atoms with Gasteiger partial charge in [-0.2, -0.15) is 0 Å². The highest BCUT2D eigenvalue weighted by molar-refractivity contribution is 5.31. The minimum absolute atomic E-state index is 0.796. The molecule has 0 fully saturated rings. The van der Waals surface area contributed by atoms with Crippen molar-refractivity contribution in [3.8, 4) is 11.5 Å². The number of unbranched alkanes of at least 4 members (excludes halogenated alkanes) is 7. The van der Waals surface area contributed by atoms with Crippen molar-refractivity contribution in [1.29, 1.82) is 0 Å². The number of hydrogen-bond donors (Lipinski definition) is 0. The van der Waals surface area contributed by atoms with Crippen LogP contribution < -0.4 is 9.47 Å². The van der Waals surface area contributed by atoms with E-state index in [0.717, 1.165) is 50.4 Å². The van der Waals surface area contributed by atoms with E-state index in [1.165, 1.54) is 32.1 Å². The van der Waals surface area contributed by atoms with Gasteiger partial charge in [-0.3, -0.25) is 0 Å². The maximum absolute atomic E-state index is 5.75. The molecule has 1 rings (SSSR count). The molecule has 0 heterocycles. The van der Waals surface area contributed by atoms with E-state index in [9.17, 15) is 0 Å². The molecule has 0 atom stereocenters. The molecule has 0 N–H and O–H groups in total. The van der Waals surface area contributed by atoms with E-state index in [1.807, 2.05) is 24.3 Å². The Morgan fingerprint density at radius 1 is 0.714 bits per heavy atom. The molecule has 0 saturated heterocycles. The average molecular weight is 291 g/mol. The molecule has 0 aliphatic rings. The molecular formula is C19H31O2. The molecule has 0 aliphatic carbocycles. The minimum atomic E-state index is 0.796. The number of hydrogen-bond acceptors (Lipinski definition) is 2. The van der Waals surface area contributed by atoms with Crippen LogP contribution in [0.25, 0.3) is 0 Å². The summed E-state index contributed by atoms with van der Waals surface area (Å²) < 4.78 is 11.4. The first-order valence-corrected chi connectivity index (χ1v) is 8.51. The summed E-state index contributed by atoms with van der Waals surface area (Å²) in [5.74, 6) is 1.87. The molecule has 119 valence electrons. The summed E-state index contributed by atoms with van der Waals surface area (Å²) >= 11 is 0. The first-order chi connectivity index (χ1) is 10.4. The molecular weight excluding hydrogens is 260 g/mol. The van der Waals surface area contributed by atoms with Crippen LogP contribution in [0.2, 0.25) is 0 Å². The van der Waals surface area contributed by atoms with Crippen molar-refractivity contribution in [2.24, 2.45) is 0 Å². The maximum atomic E-state index is 5.75. The van der Waals surface area contributed by atoms with Crippen LogP contribution in [0.3, 0.4) is 0 Å². The van der Waals surface area contributed by atoms with Gasteiger partial charge in [-0.05, 0) is 37.1 Å². The average Bonchev–Trinajstić information content (AvgIpc) is 2.52. The lowest BCUT2D eigenvalue weighted by atomic mass is 10.1. The zero-order valence-electron chi connectivity index (χ0n) is 13.6. The minimum Gasteiger partial charge on any atom is -0.494 e. The van der Waals surface area contributed by atoms with Crippen LogP contribution >= 0.6 is 0 Å². The Bertz CT molecular complexity index is 332. The van der Waals surface area contributed by atoms with E-state index in [0.29, 0.717) is 0 Å². The van der Waals surface area contributed by atoms with Gasteiger partial charge >= 0.3 is 0 Å². The quantitative estimate of drug-likeness (QED) is 0.427. The third-order valence-electron chi connectivity index (χ3n) is 3.50. The first kappa shape index (κ1) is 17.9. The fourth-order valence-electron chi connectivity index (χ4n) is 2.14. The number of rotatable bonds is 13. The molecule has 0 bridgehead atoms. The van der Waals surface area contributed by atoms with Gasteiger partial charge in [-0.25, -0.2) is 0 Å². The predicted octanol–water partition coefficient (Wildman–Crippen LogP) is 5.81. The summed E-state index contributed by atoms with van der Waals surface area (Å²) in [7, 11) is 0. The second-order valence-corrected chi connectivity index (χ2v) is 5.50. The van der Waals surface area contributed by atoms with Gasteiger partial charge in [0, 0.05) is 0 Å². The molecule has 1 aromatic rings. The maximum Gasteiger partial charge on any atom is 0.119 e. The van der Waals surface area contributed by atoms with Gasteiger partial charge in [-0.1, -0.05) is 58.8 Å². The number of benzene rings is 1. The molecule has 0 spiro atoms. The molecule has 0 saturated carbocycles. The molecule has 1 aromatic carbocycles. The second kappa shape index (κ2) is 12.6. The third kappa shape index (κ3) is 9.38. The molecule has 0 aliphatic heterocycles. The van der Waals surface area contributed by atoms with Gasteiger partial charge in [0.2, 0.25) is 0 Å². The van der Waals surface area contributed by atoms with Crippen LogP contribution in [0.15, 0.2) is 24.3 Å². The van der Waals surface area contributed by atoms with Crippen molar-refractivity contribution in [2.45, 2.75) is 64.7 Å². The van der Waals surface area contributed by atoms with Crippen LogP contribution in [0.5, 0.6) is 11.5 Å². The lowest BCUT2D eigenvalue weighted by Gasteiger charge is -2.08. The summed E-state index contributed by atoms with van der Waals surface area (Å²) in [6.45, 7) is 7.64. The Hall–Kier alpha value is -1.18. The second-order valence-electron chi connectivity index (χ2n) is 5.50. The van der Waals surface area contributed by atoms with E-state index in [4.69, 9.17) is 9.47 Å². The Labute approximate surface area is 130 Å². The molecule has 1 radical (unpaired) electrons. The van der Waals surface area contributed by atoms with Crippen molar-refractivity contribution >= 4 is 0 Å². The van der Waals surface area contributed by atoms with E-state index in [2.05, 4.69) is 13.8 Å². The lowest BCUT2D eigenvalue weighted by Crippen LogP contribution is -1.98. The molecule has 0 aromatic heterocycles. The Kier molecular flexibility index (Phi) is 10.7. The molecule has 2 heteroatoms. The van der Waals surface area contributed by atoms with Crippen LogP contribution in [0, 0.1) is 6.92 Å². The van der Waals surface area contributed by atoms with Crippen LogP contribution in [-0.2, 0) is 0 Å². The fourth-order valence-corrected chi connectivity index (χ4v) is 2.14. The molecule has 21 heavy (non-hydrogen) atoms. The van der Waals surface area contributed by atoms with Crippen molar-refractivity contribution in [1.82, 2.24) is 0 Å². The summed E-state index contributed by atoms with van der Waals surface area (Å²) in [6, 6.07) is 7.97. The van der Waals surface area contributed by atoms with E-state index < -0.39 is 0 Å². The van der Waals surface area contributed by atoms with Crippen LogP contribution in [-0.4, -0.2) is 13.2 Å². The van der Waals surface area contributed by atoms with Crippen molar-refractivity contribution in [3.05, 3.63) is 31.2 Å². The van der Waals surface area contributed by atoms with Crippen LogP contribution in [0.1, 0.15) is 64.7 Å². The van der Waals surface area contributed by atoms with Gasteiger partial charge in [0.1, 0.15) is 11.5 Å². The smallest absolute Gasteiger partial charge is 0.119 e. The highest BCUT2D eigenvalue weighted by atomic mass is 16.5. The highest BCUT2D eigenvalue weighted by Gasteiger charge is 1.97. The molecule has 2 nitrogen and oxygen atoms in total. The summed E-state index contributed by atoms with van der Waals surface area (Å²) in [6.07, 6.45) is 11.0. The largest absolute Gasteiger partial charge is 0.494 e. The SMILES string of the molecule is [CH2]CCCCCCCCOc1ccc(OCCCC)cc1. The van der Waals surface area contributed by atoms with Crippen molar-refractivity contribution < 1.29 is 9.47 Å². The topological polar surface area (TPSA) is 18.5 Å². The van der Waals surface area contributed by atoms with E-state index in [1.54, 1.807) is 0 Å². The monoisotopic (exact) mass is 291 g/mol. The Balaban J connectivity index is 2.04. The molecule has 0 unspecified atom stereocenters. The third-order valence-corrected chi connectivity index (χ3v) is 3.50. The van der Waals surface area contributed by atoms with Crippen LogP contribution in [0.4, 0.5) is 0 Å². The summed E-state index contributed by atoms with van der Waals surface area (Å²) in [5.41, 5.74) is 0. The van der Waals surface area contributed by atoms with E-state index >= 15 is 0 Å².